The highest BCUT2D eigenvalue weighted by Gasteiger charge is 2.39. The second-order valence-corrected chi connectivity index (χ2v) is 8.37. The van der Waals surface area contributed by atoms with Crippen molar-refractivity contribution in [1.82, 2.24) is 14.7 Å². The van der Waals surface area contributed by atoms with Crippen molar-refractivity contribution < 1.29 is 14.7 Å². The number of carbonyl (C=O) groups excluding carboxylic acids is 1. The Labute approximate surface area is 163 Å². The predicted molar refractivity (Wildman–Crippen MR) is 104 cm³/mol. The number of hydrogen-bond acceptors (Lipinski definition) is 3. The maximum atomic E-state index is 13.3. The lowest BCUT2D eigenvalue weighted by Gasteiger charge is -2.23. The highest BCUT2D eigenvalue weighted by molar-refractivity contribution is 6.33. The van der Waals surface area contributed by atoms with Gasteiger partial charge in [-0.25, -0.2) is 0 Å². The zero-order valence-electron chi connectivity index (χ0n) is 15.9. The van der Waals surface area contributed by atoms with E-state index in [2.05, 4.69) is 5.10 Å². The zero-order chi connectivity index (χ0) is 19.9. The maximum Gasteiger partial charge on any atom is 0.308 e. The fourth-order valence-electron chi connectivity index (χ4n) is 3.44. The lowest BCUT2D eigenvalue weighted by atomic mass is 10.0. The zero-order valence-corrected chi connectivity index (χ0v) is 16.7. The predicted octanol–water partition coefficient (Wildman–Crippen LogP) is 3.89. The van der Waals surface area contributed by atoms with E-state index in [1.165, 1.54) is 0 Å². The average Bonchev–Trinajstić information content (AvgIpc) is 3.18. The van der Waals surface area contributed by atoms with Crippen LogP contribution in [0.4, 0.5) is 0 Å². The Morgan fingerprint density at radius 1 is 1.26 bits per heavy atom. The van der Waals surface area contributed by atoms with E-state index in [4.69, 9.17) is 11.6 Å². The number of aliphatic carboxylic acids is 1. The molecule has 0 saturated carbocycles. The van der Waals surface area contributed by atoms with E-state index in [0.29, 0.717) is 34.8 Å². The molecular weight excluding hydrogens is 366 g/mol. The first-order valence-electron chi connectivity index (χ1n) is 9.00. The molecule has 1 amide bonds. The SMILES string of the molecule is CC1C(C(=O)O)CCN1C(=O)c1cn(C(C)(C)C)nc1-c1ccccc1Cl. The molecule has 6 nitrogen and oxygen atoms in total. The third-order valence-corrected chi connectivity index (χ3v) is 5.42. The number of carboxylic acids is 1. The third-order valence-electron chi connectivity index (χ3n) is 5.09. The van der Waals surface area contributed by atoms with Crippen LogP contribution in [0.5, 0.6) is 0 Å². The quantitative estimate of drug-likeness (QED) is 0.863. The van der Waals surface area contributed by atoms with Crippen molar-refractivity contribution in [2.45, 2.75) is 45.7 Å². The van der Waals surface area contributed by atoms with Gasteiger partial charge >= 0.3 is 5.97 Å². The van der Waals surface area contributed by atoms with Crippen molar-refractivity contribution in [3.63, 3.8) is 0 Å². The van der Waals surface area contributed by atoms with Gasteiger partial charge in [-0.15, -0.1) is 0 Å². The van der Waals surface area contributed by atoms with Crippen molar-refractivity contribution in [3.8, 4) is 11.3 Å². The van der Waals surface area contributed by atoms with Crippen molar-refractivity contribution in [2.75, 3.05) is 6.54 Å². The minimum absolute atomic E-state index is 0.211. The fraction of sp³-hybridized carbons (Fsp3) is 0.450. The van der Waals surface area contributed by atoms with Crippen LogP contribution in [-0.2, 0) is 10.3 Å². The monoisotopic (exact) mass is 389 g/mol. The smallest absolute Gasteiger partial charge is 0.308 e. The van der Waals surface area contributed by atoms with Crippen LogP contribution in [-0.4, -0.2) is 44.3 Å². The molecule has 2 atom stereocenters. The summed E-state index contributed by atoms with van der Waals surface area (Å²) < 4.78 is 1.76. The molecular formula is C20H24ClN3O3. The third kappa shape index (κ3) is 3.58. The van der Waals surface area contributed by atoms with Gasteiger partial charge < -0.3 is 10.0 Å². The molecule has 7 heteroatoms. The molecule has 27 heavy (non-hydrogen) atoms. The van der Waals surface area contributed by atoms with Gasteiger partial charge in [-0.2, -0.15) is 5.10 Å². The number of amides is 1. The molecule has 2 aromatic rings. The summed E-state index contributed by atoms with van der Waals surface area (Å²) in [6.45, 7) is 8.21. The molecule has 1 aromatic carbocycles. The summed E-state index contributed by atoms with van der Waals surface area (Å²) in [6, 6.07) is 6.91. The van der Waals surface area contributed by atoms with Crippen molar-refractivity contribution in [2.24, 2.45) is 5.92 Å². The van der Waals surface area contributed by atoms with Crippen LogP contribution in [0, 0.1) is 5.92 Å². The van der Waals surface area contributed by atoms with Crippen LogP contribution >= 0.6 is 11.6 Å². The highest BCUT2D eigenvalue weighted by Crippen LogP contribution is 2.33. The molecule has 2 heterocycles. The van der Waals surface area contributed by atoms with Gasteiger partial charge in [-0.1, -0.05) is 29.8 Å². The number of likely N-dealkylation sites (tertiary alicyclic amines) is 1. The van der Waals surface area contributed by atoms with E-state index >= 15 is 0 Å². The molecule has 0 spiro atoms. The van der Waals surface area contributed by atoms with Crippen LogP contribution in [0.25, 0.3) is 11.3 Å². The first-order valence-corrected chi connectivity index (χ1v) is 9.38. The van der Waals surface area contributed by atoms with Gasteiger partial charge in [0.25, 0.3) is 5.91 Å². The van der Waals surface area contributed by atoms with Gasteiger partial charge in [0.2, 0.25) is 0 Å². The number of nitrogens with zero attached hydrogens (tertiary/aromatic N) is 3. The molecule has 3 rings (SSSR count). The topological polar surface area (TPSA) is 75.4 Å². The lowest BCUT2D eigenvalue weighted by Crippen LogP contribution is -2.37. The van der Waals surface area contributed by atoms with Crippen LogP contribution in [0.2, 0.25) is 5.02 Å². The van der Waals surface area contributed by atoms with Gasteiger partial charge in [-0.3, -0.25) is 14.3 Å². The van der Waals surface area contributed by atoms with Crippen LogP contribution in [0.3, 0.4) is 0 Å². The number of carbonyl (C=O) groups is 2. The Hall–Kier alpha value is -2.34. The van der Waals surface area contributed by atoms with E-state index < -0.39 is 11.9 Å². The summed E-state index contributed by atoms with van der Waals surface area (Å²) >= 11 is 6.36. The molecule has 1 fully saturated rings. The molecule has 2 unspecified atom stereocenters. The summed E-state index contributed by atoms with van der Waals surface area (Å²) in [6.07, 6.45) is 2.19. The maximum absolute atomic E-state index is 13.3. The van der Waals surface area contributed by atoms with Gasteiger partial charge in [0.05, 0.1) is 22.0 Å². The lowest BCUT2D eigenvalue weighted by molar-refractivity contribution is -0.142. The van der Waals surface area contributed by atoms with E-state index in [0.717, 1.165) is 0 Å². The van der Waals surface area contributed by atoms with Crippen LogP contribution in [0.15, 0.2) is 30.5 Å². The molecule has 1 saturated heterocycles. The van der Waals surface area contributed by atoms with Crippen molar-refractivity contribution in [3.05, 3.63) is 41.0 Å². The average molecular weight is 390 g/mol. The Bertz CT molecular complexity index is 885. The van der Waals surface area contributed by atoms with Gasteiger partial charge in [0.1, 0.15) is 5.69 Å². The first-order chi connectivity index (χ1) is 12.6. The summed E-state index contributed by atoms with van der Waals surface area (Å²) in [4.78, 5) is 26.3. The molecule has 1 aliphatic heterocycles. The molecule has 0 aliphatic carbocycles. The fourth-order valence-corrected chi connectivity index (χ4v) is 3.66. The minimum Gasteiger partial charge on any atom is -0.481 e. The number of carboxylic acid groups (broad SMARTS) is 1. The summed E-state index contributed by atoms with van der Waals surface area (Å²) in [5, 5.41) is 14.5. The van der Waals surface area contributed by atoms with Crippen LogP contribution < -0.4 is 0 Å². The van der Waals surface area contributed by atoms with Gasteiger partial charge in [0.15, 0.2) is 0 Å². The second kappa shape index (κ2) is 7.00. The van der Waals surface area contributed by atoms with E-state index in [1.807, 2.05) is 39.0 Å². The second-order valence-electron chi connectivity index (χ2n) is 7.96. The minimum atomic E-state index is -0.866. The Kier molecular flexibility index (Phi) is 5.04. The first kappa shape index (κ1) is 19.4. The van der Waals surface area contributed by atoms with Crippen molar-refractivity contribution >= 4 is 23.5 Å². The molecule has 0 radical (unpaired) electrons. The van der Waals surface area contributed by atoms with E-state index in [9.17, 15) is 14.7 Å². The highest BCUT2D eigenvalue weighted by atomic mass is 35.5. The molecule has 1 aromatic heterocycles. The Morgan fingerprint density at radius 2 is 1.93 bits per heavy atom. The van der Waals surface area contributed by atoms with Gasteiger partial charge in [-0.05, 0) is 40.2 Å². The largest absolute Gasteiger partial charge is 0.481 e. The van der Waals surface area contributed by atoms with Gasteiger partial charge in [0, 0.05) is 24.3 Å². The Balaban J connectivity index is 2.07. The summed E-state index contributed by atoms with van der Waals surface area (Å²) in [5.41, 5.74) is 1.34. The molecule has 0 bridgehead atoms. The summed E-state index contributed by atoms with van der Waals surface area (Å²) in [7, 11) is 0. The van der Waals surface area contributed by atoms with E-state index in [1.54, 1.807) is 28.8 Å². The molecule has 1 N–H and O–H groups in total. The molecule has 1 aliphatic rings. The number of hydrogen-bond donors (Lipinski definition) is 1. The summed E-state index contributed by atoms with van der Waals surface area (Å²) in [5.74, 6) is -1.62. The number of halogens is 1. The van der Waals surface area contributed by atoms with Crippen molar-refractivity contribution in [1.29, 1.82) is 0 Å². The Morgan fingerprint density at radius 3 is 2.48 bits per heavy atom. The standard InChI is InChI=1S/C20H24ClN3O3/c1-12-13(19(26)27)9-10-23(12)18(25)15-11-24(20(2,3)4)22-17(15)14-7-5-6-8-16(14)21/h5-8,11-13H,9-10H2,1-4H3,(H,26,27). The molecule has 144 valence electrons. The number of benzene rings is 1. The van der Waals surface area contributed by atoms with Crippen LogP contribution in [0.1, 0.15) is 44.5 Å². The number of rotatable bonds is 3. The normalized spacial score (nSPS) is 20.1. The number of aromatic nitrogens is 2. The van der Waals surface area contributed by atoms with E-state index in [-0.39, 0.29) is 17.5 Å².